The normalized spacial score (nSPS) is 15.7. The van der Waals surface area contributed by atoms with Crippen molar-refractivity contribution >= 4 is 0 Å². The summed E-state index contributed by atoms with van der Waals surface area (Å²) in [7, 11) is 1.65. The predicted molar refractivity (Wildman–Crippen MR) is 61.3 cm³/mol. The fraction of sp³-hybridized carbons (Fsp3) is 0.500. The first kappa shape index (κ1) is 11.1. The highest BCUT2D eigenvalue weighted by Crippen LogP contribution is 2.39. The molecule has 0 amide bonds. The Balaban J connectivity index is 2.43. The van der Waals surface area contributed by atoms with Crippen molar-refractivity contribution in [2.24, 2.45) is 5.73 Å². The quantitative estimate of drug-likeness (QED) is 0.840. The molecule has 0 aromatic heterocycles. The smallest absolute Gasteiger partial charge is 0.168 e. The van der Waals surface area contributed by atoms with E-state index in [1.807, 2.05) is 19.1 Å². The lowest BCUT2D eigenvalue weighted by Gasteiger charge is -2.23. The highest BCUT2D eigenvalue weighted by Gasteiger charge is 2.20. The fourth-order valence-electron chi connectivity index (χ4n) is 1.86. The van der Waals surface area contributed by atoms with E-state index in [0.29, 0.717) is 13.2 Å². The maximum atomic E-state index is 5.83. The molecule has 2 rings (SSSR count). The zero-order valence-electron chi connectivity index (χ0n) is 9.66. The molecular formula is C12H17NO3. The van der Waals surface area contributed by atoms with Gasteiger partial charge in [-0.1, -0.05) is 0 Å². The van der Waals surface area contributed by atoms with Crippen molar-refractivity contribution in [1.82, 2.24) is 0 Å². The van der Waals surface area contributed by atoms with Gasteiger partial charge in [0.05, 0.1) is 7.11 Å². The number of fused-ring (bicyclic) bond motifs is 1. The molecule has 1 aromatic carbocycles. The van der Waals surface area contributed by atoms with Gasteiger partial charge in [0.1, 0.15) is 19.0 Å². The van der Waals surface area contributed by atoms with Gasteiger partial charge in [-0.3, -0.25) is 0 Å². The zero-order chi connectivity index (χ0) is 11.5. The standard InChI is InChI=1S/C12H17NO3/c1-8(13)7-9-10(14-2)3-4-11-12(9)16-6-5-15-11/h3-4,8H,5-7,13H2,1-2H3. The van der Waals surface area contributed by atoms with Gasteiger partial charge in [0, 0.05) is 11.6 Å². The lowest BCUT2D eigenvalue weighted by atomic mass is 10.0. The van der Waals surface area contributed by atoms with Gasteiger partial charge >= 0.3 is 0 Å². The van der Waals surface area contributed by atoms with E-state index in [1.54, 1.807) is 7.11 Å². The van der Waals surface area contributed by atoms with E-state index in [-0.39, 0.29) is 6.04 Å². The Bertz CT molecular complexity index is 377. The second kappa shape index (κ2) is 4.61. The van der Waals surface area contributed by atoms with E-state index in [1.165, 1.54) is 0 Å². The van der Waals surface area contributed by atoms with Crippen LogP contribution in [0, 0.1) is 0 Å². The minimum absolute atomic E-state index is 0.0610. The van der Waals surface area contributed by atoms with Crippen molar-refractivity contribution in [3.8, 4) is 17.2 Å². The van der Waals surface area contributed by atoms with Crippen LogP contribution < -0.4 is 19.9 Å². The second-order valence-corrected chi connectivity index (χ2v) is 3.95. The molecular weight excluding hydrogens is 206 g/mol. The summed E-state index contributed by atoms with van der Waals surface area (Å²) in [6.45, 7) is 3.13. The predicted octanol–water partition coefficient (Wildman–Crippen LogP) is 1.36. The van der Waals surface area contributed by atoms with E-state index in [2.05, 4.69) is 0 Å². The monoisotopic (exact) mass is 223 g/mol. The van der Waals surface area contributed by atoms with Crippen molar-refractivity contribution in [1.29, 1.82) is 0 Å². The first-order valence-electron chi connectivity index (χ1n) is 5.43. The minimum atomic E-state index is 0.0610. The molecule has 2 N–H and O–H groups in total. The molecule has 4 heteroatoms. The Kier molecular flexibility index (Phi) is 3.19. The summed E-state index contributed by atoms with van der Waals surface area (Å²) in [6, 6.07) is 3.83. The highest BCUT2D eigenvalue weighted by molar-refractivity contribution is 5.54. The lowest BCUT2D eigenvalue weighted by molar-refractivity contribution is 0.168. The molecule has 1 aromatic rings. The van der Waals surface area contributed by atoms with Crippen LogP contribution in [-0.2, 0) is 6.42 Å². The van der Waals surface area contributed by atoms with Crippen LogP contribution in [0.4, 0.5) is 0 Å². The maximum absolute atomic E-state index is 5.83. The minimum Gasteiger partial charge on any atom is -0.496 e. The molecule has 0 aliphatic carbocycles. The maximum Gasteiger partial charge on any atom is 0.168 e. The summed E-state index contributed by atoms with van der Waals surface area (Å²) in [5.74, 6) is 2.37. The van der Waals surface area contributed by atoms with Gasteiger partial charge in [0.2, 0.25) is 0 Å². The molecule has 1 aliphatic rings. The molecule has 0 fully saturated rings. The summed E-state index contributed by atoms with van der Waals surface area (Å²) in [5, 5.41) is 0. The Labute approximate surface area is 95.3 Å². The van der Waals surface area contributed by atoms with E-state index in [0.717, 1.165) is 29.2 Å². The number of hydrogen-bond acceptors (Lipinski definition) is 4. The molecule has 0 bridgehead atoms. The average Bonchev–Trinajstić information content (AvgIpc) is 2.29. The van der Waals surface area contributed by atoms with Crippen molar-refractivity contribution in [2.45, 2.75) is 19.4 Å². The van der Waals surface area contributed by atoms with Gasteiger partial charge in [0.25, 0.3) is 0 Å². The van der Waals surface area contributed by atoms with Crippen LogP contribution in [0.3, 0.4) is 0 Å². The molecule has 1 atom stereocenters. The Morgan fingerprint density at radius 2 is 2.12 bits per heavy atom. The molecule has 1 aliphatic heterocycles. The summed E-state index contributed by atoms with van der Waals surface area (Å²) in [6.07, 6.45) is 0.718. The van der Waals surface area contributed by atoms with Gasteiger partial charge < -0.3 is 19.9 Å². The molecule has 88 valence electrons. The molecule has 1 heterocycles. The Hall–Kier alpha value is -1.42. The average molecular weight is 223 g/mol. The van der Waals surface area contributed by atoms with Crippen LogP contribution in [0.1, 0.15) is 12.5 Å². The van der Waals surface area contributed by atoms with Crippen LogP contribution in [0.5, 0.6) is 17.2 Å². The molecule has 16 heavy (non-hydrogen) atoms. The third kappa shape index (κ3) is 2.07. The van der Waals surface area contributed by atoms with E-state index in [9.17, 15) is 0 Å². The van der Waals surface area contributed by atoms with E-state index < -0.39 is 0 Å². The first-order valence-corrected chi connectivity index (χ1v) is 5.43. The summed E-state index contributed by atoms with van der Waals surface area (Å²) in [5.41, 5.74) is 6.82. The van der Waals surface area contributed by atoms with Gasteiger partial charge in [0.15, 0.2) is 11.5 Å². The van der Waals surface area contributed by atoms with Gasteiger partial charge in [-0.05, 0) is 25.5 Å². The number of nitrogens with two attached hydrogens (primary N) is 1. The molecule has 0 radical (unpaired) electrons. The number of hydrogen-bond donors (Lipinski definition) is 1. The van der Waals surface area contributed by atoms with Crippen LogP contribution in [0.2, 0.25) is 0 Å². The molecule has 4 nitrogen and oxygen atoms in total. The summed E-state index contributed by atoms with van der Waals surface area (Å²) in [4.78, 5) is 0. The SMILES string of the molecule is COc1ccc2c(c1CC(C)N)OCCO2. The zero-order valence-corrected chi connectivity index (χ0v) is 9.66. The van der Waals surface area contributed by atoms with Gasteiger partial charge in [-0.15, -0.1) is 0 Å². The summed E-state index contributed by atoms with van der Waals surface area (Å²) >= 11 is 0. The van der Waals surface area contributed by atoms with E-state index in [4.69, 9.17) is 19.9 Å². The molecule has 0 saturated heterocycles. The lowest BCUT2D eigenvalue weighted by Crippen LogP contribution is -2.21. The van der Waals surface area contributed by atoms with Crippen molar-refractivity contribution < 1.29 is 14.2 Å². The van der Waals surface area contributed by atoms with Crippen LogP contribution in [-0.4, -0.2) is 26.4 Å². The highest BCUT2D eigenvalue weighted by atomic mass is 16.6. The van der Waals surface area contributed by atoms with Crippen LogP contribution >= 0.6 is 0 Å². The number of rotatable bonds is 3. The van der Waals surface area contributed by atoms with E-state index >= 15 is 0 Å². The van der Waals surface area contributed by atoms with Crippen LogP contribution in [0.25, 0.3) is 0 Å². The number of ether oxygens (including phenoxy) is 3. The summed E-state index contributed by atoms with van der Waals surface area (Å²) < 4.78 is 16.5. The Morgan fingerprint density at radius 3 is 2.81 bits per heavy atom. The number of methoxy groups -OCH3 is 1. The fourth-order valence-corrected chi connectivity index (χ4v) is 1.86. The molecule has 1 unspecified atom stereocenters. The van der Waals surface area contributed by atoms with Crippen LogP contribution in [0.15, 0.2) is 12.1 Å². The topological polar surface area (TPSA) is 53.7 Å². The third-order valence-electron chi connectivity index (χ3n) is 2.51. The van der Waals surface area contributed by atoms with Crippen molar-refractivity contribution in [2.75, 3.05) is 20.3 Å². The molecule has 0 spiro atoms. The molecule has 0 saturated carbocycles. The van der Waals surface area contributed by atoms with Crippen molar-refractivity contribution in [3.63, 3.8) is 0 Å². The Morgan fingerprint density at radius 1 is 1.38 bits per heavy atom. The van der Waals surface area contributed by atoms with Gasteiger partial charge in [-0.25, -0.2) is 0 Å². The first-order chi connectivity index (χ1) is 7.72. The second-order valence-electron chi connectivity index (χ2n) is 3.95. The van der Waals surface area contributed by atoms with Crippen molar-refractivity contribution in [3.05, 3.63) is 17.7 Å². The third-order valence-corrected chi connectivity index (χ3v) is 2.51. The number of benzene rings is 1. The largest absolute Gasteiger partial charge is 0.496 e. The van der Waals surface area contributed by atoms with Gasteiger partial charge in [-0.2, -0.15) is 0 Å².